The number of benzene rings is 1. The summed E-state index contributed by atoms with van der Waals surface area (Å²) in [5.41, 5.74) is 3.41. The zero-order chi connectivity index (χ0) is 21.1. The summed E-state index contributed by atoms with van der Waals surface area (Å²) in [4.78, 5) is 42.3. The Morgan fingerprint density at radius 2 is 1.90 bits per heavy atom. The highest BCUT2D eigenvalue weighted by Crippen LogP contribution is 2.28. The minimum absolute atomic E-state index is 0.222. The number of hydrogen-bond donors (Lipinski definition) is 1. The third-order valence-electron chi connectivity index (χ3n) is 5.13. The lowest BCUT2D eigenvalue weighted by Gasteiger charge is -2.31. The summed E-state index contributed by atoms with van der Waals surface area (Å²) in [5.74, 6) is -1.43. The van der Waals surface area contributed by atoms with Crippen molar-refractivity contribution >= 4 is 23.5 Å². The molecule has 1 aliphatic heterocycles. The largest absolute Gasteiger partial charge is 0.461 e. The minimum Gasteiger partial charge on any atom is -0.461 e. The van der Waals surface area contributed by atoms with Gasteiger partial charge in [-0.05, 0) is 57.7 Å². The highest BCUT2D eigenvalue weighted by Gasteiger charge is 2.30. The van der Waals surface area contributed by atoms with E-state index >= 15 is 0 Å². The summed E-state index contributed by atoms with van der Waals surface area (Å²) in [7, 11) is 0. The van der Waals surface area contributed by atoms with E-state index in [4.69, 9.17) is 9.47 Å². The molecule has 0 saturated carbocycles. The van der Waals surface area contributed by atoms with Crippen molar-refractivity contribution < 1.29 is 23.9 Å². The number of amides is 1. The van der Waals surface area contributed by atoms with Crippen LogP contribution < -0.4 is 4.90 Å². The van der Waals surface area contributed by atoms with Crippen molar-refractivity contribution in [2.75, 3.05) is 18.1 Å². The van der Waals surface area contributed by atoms with Crippen LogP contribution in [0.15, 0.2) is 24.3 Å². The van der Waals surface area contributed by atoms with Crippen molar-refractivity contribution in [2.24, 2.45) is 0 Å². The number of nitrogens with one attached hydrogen (secondary N) is 1. The van der Waals surface area contributed by atoms with E-state index in [1.54, 1.807) is 32.6 Å². The van der Waals surface area contributed by atoms with Crippen molar-refractivity contribution in [2.45, 2.75) is 46.6 Å². The Morgan fingerprint density at radius 1 is 1.17 bits per heavy atom. The predicted molar refractivity (Wildman–Crippen MR) is 108 cm³/mol. The Bertz CT molecular complexity index is 947. The molecule has 0 fully saturated rings. The number of aryl methyl sites for hydroxylation is 2. The fourth-order valence-electron chi connectivity index (χ4n) is 3.72. The molecule has 1 aromatic carbocycles. The summed E-state index contributed by atoms with van der Waals surface area (Å²) in [5, 5.41) is 0. The Hall–Kier alpha value is -3.09. The van der Waals surface area contributed by atoms with Gasteiger partial charge in [0.05, 0.1) is 12.2 Å². The first-order valence-electron chi connectivity index (χ1n) is 9.81. The third-order valence-corrected chi connectivity index (χ3v) is 5.13. The summed E-state index contributed by atoms with van der Waals surface area (Å²) in [6, 6.07) is 7.77. The van der Waals surface area contributed by atoms with Gasteiger partial charge >= 0.3 is 11.9 Å². The highest BCUT2D eigenvalue weighted by molar-refractivity contribution is 6.02. The van der Waals surface area contributed by atoms with Crippen LogP contribution in [-0.4, -0.2) is 42.1 Å². The molecule has 1 N–H and O–H groups in total. The van der Waals surface area contributed by atoms with Gasteiger partial charge in [0.15, 0.2) is 6.10 Å². The Morgan fingerprint density at radius 3 is 2.62 bits per heavy atom. The SMILES string of the molecule is CCOC(=O)c1[nH]c(C)c(C(=O)O[C@H](C)C(=O)N2CCCc3ccccc32)c1C. The number of aromatic nitrogens is 1. The van der Waals surface area contributed by atoms with Crippen LogP contribution in [0.2, 0.25) is 0 Å². The molecular weight excluding hydrogens is 372 g/mol. The molecule has 2 aromatic rings. The van der Waals surface area contributed by atoms with E-state index in [0.717, 1.165) is 24.1 Å². The Labute approximate surface area is 170 Å². The zero-order valence-electron chi connectivity index (χ0n) is 17.2. The number of ether oxygens (including phenoxy) is 2. The van der Waals surface area contributed by atoms with Crippen LogP contribution in [0.25, 0.3) is 0 Å². The molecule has 0 aliphatic carbocycles. The molecule has 0 unspecified atom stereocenters. The molecule has 154 valence electrons. The van der Waals surface area contributed by atoms with Crippen LogP contribution >= 0.6 is 0 Å². The average Bonchev–Trinajstić information content (AvgIpc) is 3.01. The van der Waals surface area contributed by atoms with Crippen molar-refractivity contribution in [3.05, 3.63) is 52.3 Å². The van der Waals surface area contributed by atoms with Gasteiger partial charge in [0, 0.05) is 17.9 Å². The Balaban J connectivity index is 1.76. The second-order valence-electron chi connectivity index (χ2n) is 7.12. The van der Waals surface area contributed by atoms with Crippen molar-refractivity contribution in [1.82, 2.24) is 4.98 Å². The van der Waals surface area contributed by atoms with Crippen LogP contribution in [0, 0.1) is 13.8 Å². The van der Waals surface area contributed by atoms with E-state index in [2.05, 4.69) is 4.98 Å². The van der Waals surface area contributed by atoms with E-state index in [1.807, 2.05) is 24.3 Å². The van der Waals surface area contributed by atoms with Crippen LogP contribution in [0.4, 0.5) is 5.69 Å². The second kappa shape index (κ2) is 8.51. The number of esters is 2. The third kappa shape index (κ3) is 4.04. The van der Waals surface area contributed by atoms with E-state index in [9.17, 15) is 14.4 Å². The molecule has 3 rings (SSSR count). The number of carbonyl (C=O) groups excluding carboxylic acids is 3. The first-order valence-corrected chi connectivity index (χ1v) is 9.81. The van der Waals surface area contributed by atoms with E-state index in [0.29, 0.717) is 17.8 Å². The average molecular weight is 398 g/mol. The van der Waals surface area contributed by atoms with Gasteiger partial charge < -0.3 is 19.4 Å². The monoisotopic (exact) mass is 398 g/mol. The van der Waals surface area contributed by atoms with E-state index < -0.39 is 18.0 Å². The molecule has 7 nitrogen and oxygen atoms in total. The smallest absolute Gasteiger partial charge is 0.355 e. The predicted octanol–water partition coefficient (Wildman–Crippen LogP) is 3.33. The van der Waals surface area contributed by atoms with Crippen molar-refractivity contribution in [1.29, 1.82) is 0 Å². The molecule has 2 heterocycles. The minimum atomic E-state index is -0.951. The van der Waals surface area contributed by atoms with Gasteiger partial charge in [-0.1, -0.05) is 18.2 Å². The highest BCUT2D eigenvalue weighted by atomic mass is 16.5. The molecule has 1 aliphatic rings. The van der Waals surface area contributed by atoms with Gasteiger partial charge in [-0.25, -0.2) is 9.59 Å². The maximum Gasteiger partial charge on any atom is 0.355 e. The van der Waals surface area contributed by atoms with Gasteiger partial charge in [0.1, 0.15) is 5.69 Å². The zero-order valence-corrected chi connectivity index (χ0v) is 17.2. The Kier molecular flexibility index (Phi) is 6.06. The number of para-hydroxylation sites is 1. The number of anilines is 1. The lowest BCUT2D eigenvalue weighted by atomic mass is 10.0. The van der Waals surface area contributed by atoms with Crippen molar-refractivity contribution in [3.63, 3.8) is 0 Å². The fraction of sp³-hybridized carbons (Fsp3) is 0.409. The maximum atomic E-state index is 13.0. The van der Waals surface area contributed by atoms with E-state index in [1.165, 1.54) is 0 Å². The molecule has 1 atom stereocenters. The number of fused-ring (bicyclic) bond motifs is 1. The van der Waals surface area contributed by atoms with Gasteiger partial charge in [0.2, 0.25) is 0 Å². The van der Waals surface area contributed by atoms with Gasteiger partial charge in [0.25, 0.3) is 5.91 Å². The molecule has 7 heteroatoms. The molecule has 1 aromatic heterocycles. The number of rotatable bonds is 5. The topological polar surface area (TPSA) is 88.7 Å². The fourth-order valence-corrected chi connectivity index (χ4v) is 3.72. The molecule has 0 saturated heterocycles. The summed E-state index contributed by atoms with van der Waals surface area (Å²) < 4.78 is 10.5. The number of H-pyrrole nitrogens is 1. The molecular formula is C22H26N2O5. The number of hydrogen-bond acceptors (Lipinski definition) is 5. The normalized spacial score (nSPS) is 14.1. The molecule has 29 heavy (non-hydrogen) atoms. The molecule has 1 amide bonds. The van der Waals surface area contributed by atoms with Crippen LogP contribution in [0.5, 0.6) is 0 Å². The standard InChI is InChI=1S/C22H26N2O5/c1-5-28-22(27)19-13(2)18(14(3)23-19)21(26)29-15(4)20(25)24-12-8-10-16-9-6-7-11-17(16)24/h6-7,9,11,15,23H,5,8,10,12H2,1-4H3/t15-/m1/s1. The first kappa shape index (κ1) is 20.6. The number of nitrogens with zero attached hydrogens (tertiary/aromatic N) is 1. The van der Waals surface area contributed by atoms with Crippen molar-refractivity contribution in [3.8, 4) is 0 Å². The van der Waals surface area contributed by atoms with Crippen LogP contribution in [0.3, 0.4) is 0 Å². The molecule has 0 bridgehead atoms. The summed E-state index contributed by atoms with van der Waals surface area (Å²) in [6.07, 6.45) is 0.836. The lowest BCUT2D eigenvalue weighted by molar-refractivity contribution is -0.126. The summed E-state index contributed by atoms with van der Waals surface area (Å²) in [6.45, 7) is 7.44. The maximum absolute atomic E-state index is 13.0. The number of carbonyl (C=O) groups is 3. The van der Waals surface area contributed by atoms with Crippen LogP contribution in [0.1, 0.15) is 57.9 Å². The second-order valence-corrected chi connectivity index (χ2v) is 7.12. The van der Waals surface area contributed by atoms with Gasteiger partial charge in [-0.2, -0.15) is 0 Å². The van der Waals surface area contributed by atoms with Gasteiger partial charge in [-0.15, -0.1) is 0 Å². The van der Waals surface area contributed by atoms with Gasteiger partial charge in [-0.3, -0.25) is 4.79 Å². The lowest BCUT2D eigenvalue weighted by Crippen LogP contribution is -2.42. The quantitative estimate of drug-likeness (QED) is 0.781. The first-order chi connectivity index (χ1) is 13.8. The number of aromatic amines is 1. The molecule has 0 spiro atoms. The summed E-state index contributed by atoms with van der Waals surface area (Å²) >= 11 is 0. The molecule has 0 radical (unpaired) electrons. The van der Waals surface area contributed by atoms with E-state index in [-0.39, 0.29) is 23.8 Å². The van der Waals surface area contributed by atoms with Crippen LogP contribution in [-0.2, 0) is 20.7 Å².